The van der Waals surface area contributed by atoms with Crippen molar-refractivity contribution in [2.75, 3.05) is 5.75 Å². The first kappa shape index (κ1) is 6.05. The van der Waals surface area contributed by atoms with E-state index in [1.54, 1.807) is 0 Å². The lowest BCUT2D eigenvalue weighted by molar-refractivity contribution is 0.580. The number of hydrogen-bond acceptors (Lipinski definition) is 2. The Balaban J connectivity index is 1.94. The predicted octanol–water partition coefficient (Wildman–Crippen LogP) is 1.09. The Hall–Kier alpha value is 0.310. The lowest BCUT2D eigenvalue weighted by Gasteiger charge is -2.04. The van der Waals surface area contributed by atoms with Gasteiger partial charge in [-0.2, -0.15) is 11.8 Å². The maximum atomic E-state index is 5.77. The highest BCUT2D eigenvalue weighted by Crippen LogP contribution is 2.57. The molecule has 2 heteroatoms. The van der Waals surface area contributed by atoms with Gasteiger partial charge in [-0.25, -0.2) is 0 Å². The van der Waals surface area contributed by atoms with Crippen molar-refractivity contribution in [2.45, 2.75) is 24.6 Å². The third kappa shape index (κ3) is 0.802. The summed E-state index contributed by atoms with van der Waals surface area (Å²) in [5.41, 5.74) is 5.77. The van der Waals surface area contributed by atoms with Gasteiger partial charge in [-0.05, 0) is 30.9 Å². The molecule has 1 saturated heterocycles. The third-order valence-corrected chi connectivity index (χ3v) is 4.04. The first-order valence-electron chi connectivity index (χ1n) is 3.68. The average molecular weight is 143 g/mol. The van der Waals surface area contributed by atoms with E-state index in [2.05, 4.69) is 18.7 Å². The van der Waals surface area contributed by atoms with Gasteiger partial charge in [-0.15, -0.1) is 0 Å². The average Bonchev–Trinajstić information content (AvgIpc) is 2.30. The summed E-state index contributed by atoms with van der Waals surface area (Å²) in [6.07, 6.45) is 1.43. The van der Waals surface area contributed by atoms with Crippen molar-refractivity contribution in [1.29, 1.82) is 0 Å². The molecule has 1 heterocycles. The van der Waals surface area contributed by atoms with Gasteiger partial charge in [0, 0.05) is 11.3 Å². The van der Waals surface area contributed by atoms with Gasteiger partial charge in [-0.3, -0.25) is 0 Å². The summed E-state index contributed by atoms with van der Waals surface area (Å²) in [6, 6.07) is 0.452. The number of hydrogen-bond donors (Lipinski definition) is 1. The highest BCUT2D eigenvalue weighted by molar-refractivity contribution is 8.00. The van der Waals surface area contributed by atoms with Crippen LogP contribution in [-0.2, 0) is 0 Å². The van der Waals surface area contributed by atoms with Gasteiger partial charge in [0.25, 0.3) is 0 Å². The molecule has 1 nitrogen and oxygen atoms in total. The fraction of sp³-hybridized carbons (Fsp3) is 1.00. The summed E-state index contributed by atoms with van der Waals surface area (Å²) >= 11 is 2.13. The van der Waals surface area contributed by atoms with Crippen molar-refractivity contribution in [3.05, 3.63) is 0 Å². The van der Waals surface area contributed by atoms with Crippen LogP contribution in [0.25, 0.3) is 0 Å². The fourth-order valence-electron chi connectivity index (χ4n) is 1.99. The highest BCUT2D eigenvalue weighted by Gasteiger charge is 2.54. The van der Waals surface area contributed by atoms with Crippen LogP contribution in [0.5, 0.6) is 0 Å². The molecule has 0 radical (unpaired) electrons. The molecule has 2 aliphatic rings. The van der Waals surface area contributed by atoms with Crippen LogP contribution in [-0.4, -0.2) is 17.0 Å². The first-order chi connectivity index (χ1) is 4.30. The molecular weight excluding hydrogens is 130 g/mol. The Morgan fingerprint density at radius 1 is 1.67 bits per heavy atom. The van der Waals surface area contributed by atoms with E-state index in [-0.39, 0.29) is 0 Å². The SMILES string of the molecule is CC(N)C1[C@H]2CCS[C@@H]12. The van der Waals surface area contributed by atoms with Crippen molar-refractivity contribution < 1.29 is 0 Å². The summed E-state index contributed by atoms with van der Waals surface area (Å²) in [6.45, 7) is 2.14. The standard InChI is InChI=1S/C7H13NS/c1-4(8)6-5-2-3-9-7(5)6/h4-7H,2-3,8H2,1H3/t4?,5-,6?,7-/m1/s1. The van der Waals surface area contributed by atoms with Crippen molar-refractivity contribution in [1.82, 2.24) is 0 Å². The van der Waals surface area contributed by atoms with E-state index < -0.39 is 0 Å². The molecule has 0 spiro atoms. The van der Waals surface area contributed by atoms with Gasteiger partial charge >= 0.3 is 0 Å². The molecule has 4 atom stereocenters. The lowest BCUT2D eigenvalue weighted by atomic mass is 10.2. The van der Waals surface area contributed by atoms with Crippen molar-refractivity contribution >= 4 is 11.8 Å². The first-order valence-corrected chi connectivity index (χ1v) is 4.73. The zero-order valence-electron chi connectivity index (χ0n) is 5.71. The van der Waals surface area contributed by atoms with Crippen LogP contribution in [0.2, 0.25) is 0 Å². The van der Waals surface area contributed by atoms with Gasteiger partial charge in [-0.1, -0.05) is 0 Å². The van der Waals surface area contributed by atoms with Crippen molar-refractivity contribution in [3.63, 3.8) is 0 Å². The monoisotopic (exact) mass is 143 g/mol. The van der Waals surface area contributed by atoms with Gasteiger partial charge in [0.15, 0.2) is 0 Å². The normalized spacial score (nSPS) is 50.7. The Bertz CT molecular complexity index is 114. The Morgan fingerprint density at radius 3 is 2.78 bits per heavy atom. The van der Waals surface area contributed by atoms with Gasteiger partial charge in [0.1, 0.15) is 0 Å². The molecule has 2 fully saturated rings. The van der Waals surface area contributed by atoms with Gasteiger partial charge < -0.3 is 5.73 Å². The largest absolute Gasteiger partial charge is 0.328 e. The Morgan fingerprint density at radius 2 is 2.44 bits per heavy atom. The molecular formula is C7H13NS. The zero-order valence-corrected chi connectivity index (χ0v) is 6.53. The molecule has 1 saturated carbocycles. The zero-order chi connectivity index (χ0) is 6.43. The number of rotatable bonds is 1. The summed E-state index contributed by atoms with van der Waals surface area (Å²) in [4.78, 5) is 0. The van der Waals surface area contributed by atoms with Gasteiger partial charge in [0.2, 0.25) is 0 Å². The molecule has 2 unspecified atom stereocenters. The van der Waals surface area contributed by atoms with Crippen LogP contribution in [0.15, 0.2) is 0 Å². The summed E-state index contributed by atoms with van der Waals surface area (Å²) in [7, 11) is 0. The number of nitrogens with two attached hydrogens (primary N) is 1. The minimum Gasteiger partial charge on any atom is -0.328 e. The van der Waals surface area contributed by atoms with E-state index in [0.717, 1.165) is 17.1 Å². The molecule has 0 aromatic rings. The van der Waals surface area contributed by atoms with Crippen molar-refractivity contribution in [3.8, 4) is 0 Å². The predicted molar refractivity (Wildman–Crippen MR) is 41.5 cm³/mol. The molecule has 0 amide bonds. The third-order valence-electron chi connectivity index (χ3n) is 2.52. The van der Waals surface area contributed by atoms with Crippen LogP contribution in [0, 0.1) is 11.8 Å². The van der Waals surface area contributed by atoms with Crippen LogP contribution >= 0.6 is 11.8 Å². The maximum Gasteiger partial charge on any atom is 0.0125 e. The molecule has 2 N–H and O–H groups in total. The topological polar surface area (TPSA) is 26.0 Å². The summed E-state index contributed by atoms with van der Waals surface area (Å²) in [5, 5.41) is 0.963. The highest BCUT2D eigenvalue weighted by atomic mass is 32.2. The second-order valence-electron chi connectivity index (χ2n) is 3.22. The summed E-state index contributed by atoms with van der Waals surface area (Å²) < 4.78 is 0. The minimum atomic E-state index is 0.452. The molecule has 52 valence electrons. The quantitative estimate of drug-likeness (QED) is 0.594. The maximum absolute atomic E-state index is 5.77. The minimum absolute atomic E-state index is 0.452. The fourth-order valence-corrected chi connectivity index (χ4v) is 3.81. The molecule has 0 bridgehead atoms. The number of fused-ring (bicyclic) bond motifs is 1. The Labute approximate surface area is 60.4 Å². The van der Waals surface area contributed by atoms with Crippen LogP contribution in [0.4, 0.5) is 0 Å². The molecule has 9 heavy (non-hydrogen) atoms. The second-order valence-corrected chi connectivity index (χ2v) is 4.51. The van der Waals surface area contributed by atoms with Crippen LogP contribution in [0.3, 0.4) is 0 Å². The summed E-state index contributed by atoms with van der Waals surface area (Å²) in [5.74, 6) is 3.28. The van der Waals surface area contributed by atoms with Gasteiger partial charge in [0.05, 0.1) is 0 Å². The van der Waals surface area contributed by atoms with E-state index in [4.69, 9.17) is 5.73 Å². The van der Waals surface area contributed by atoms with E-state index >= 15 is 0 Å². The smallest absolute Gasteiger partial charge is 0.0125 e. The molecule has 0 aromatic carbocycles. The van der Waals surface area contributed by atoms with Crippen molar-refractivity contribution in [2.24, 2.45) is 17.6 Å². The number of thioether (sulfide) groups is 1. The van der Waals surface area contributed by atoms with E-state index in [1.165, 1.54) is 12.2 Å². The van der Waals surface area contributed by atoms with Crippen LogP contribution in [0.1, 0.15) is 13.3 Å². The van der Waals surface area contributed by atoms with Crippen LogP contribution < -0.4 is 5.73 Å². The van der Waals surface area contributed by atoms with E-state index in [9.17, 15) is 0 Å². The van der Waals surface area contributed by atoms with E-state index in [1.807, 2.05) is 0 Å². The molecule has 2 rings (SSSR count). The molecule has 0 aromatic heterocycles. The second kappa shape index (κ2) is 1.89. The lowest BCUT2D eigenvalue weighted by Crippen LogP contribution is -2.20. The van der Waals surface area contributed by atoms with E-state index in [0.29, 0.717) is 6.04 Å². The Kier molecular flexibility index (Phi) is 1.27. The molecule has 1 aliphatic carbocycles. The molecule has 1 aliphatic heterocycles.